The summed E-state index contributed by atoms with van der Waals surface area (Å²) in [6, 6.07) is 5.46. The van der Waals surface area contributed by atoms with E-state index in [1.54, 1.807) is 24.4 Å². The minimum Gasteiger partial charge on any atom is -0.480 e. The van der Waals surface area contributed by atoms with Crippen LogP contribution in [-0.2, 0) is 4.79 Å². The Morgan fingerprint density at radius 2 is 2.09 bits per heavy atom. The number of aliphatic carboxylic acids is 1. The van der Waals surface area contributed by atoms with E-state index < -0.39 is 17.9 Å². The normalized spacial score (nSPS) is 12.0. The number of halogens is 2. The molecule has 6 nitrogen and oxygen atoms in total. The maximum atomic E-state index is 12.1. The van der Waals surface area contributed by atoms with Gasteiger partial charge in [0.15, 0.2) is 5.69 Å². The maximum Gasteiger partial charge on any atom is 0.326 e. The first kappa shape index (κ1) is 17.3. The van der Waals surface area contributed by atoms with Crippen LogP contribution < -0.4 is 5.32 Å². The Balaban J connectivity index is 2.18. The molecule has 1 atom stereocenters. The van der Waals surface area contributed by atoms with Gasteiger partial charge in [0, 0.05) is 11.2 Å². The molecule has 1 amide bonds. The Labute approximate surface area is 143 Å². The fourth-order valence-corrected chi connectivity index (χ4v) is 2.52. The molecule has 2 N–H and O–H groups in total. The highest BCUT2D eigenvalue weighted by Gasteiger charge is 2.21. The van der Waals surface area contributed by atoms with E-state index >= 15 is 0 Å². The monoisotopic (exact) mass is 355 g/mol. The number of nitrogens with one attached hydrogen (secondary N) is 1. The van der Waals surface area contributed by atoms with Gasteiger partial charge in [0.05, 0.1) is 10.7 Å². The van der Waals surface area contributed by atoms with Gasteiger partial charge < -0.3 is 10.4 Å². The fourth-order valence-electron chi connectivity index (χ4n) is 2.02. The molecule has 0 saturated heterocycles. The molecule has 0 bridgehead atoms. The standard InChI is InChI=1S/C15H15Cl2N3O3/c1-2-3-12(15(22)23)18-14(21)11-6-7-20(19-11)13-5-4-9(16)8-10(13)17/h4-8,12H,2-3H2,1H3,(H,18,21)(H,22,23). The minimum atomic E-state index is -1.07. The molecule has 2 aromatic rings. The third-order valence-electron chi connectivity index (χ3n) is 3.16. The van der Waals surface area contributed by atoms with Gasteiger partial charge in [-0.3, -0.25) is 4.79 Å². The summed E-state index contributed by atoms with van der Waals surface area (Å²) in [4.78, 5) is 23.2. The van der Waals surface area contributed by atoms with Gasteiger partial charge in [0.25, 0.3) is 5.91 Å². The van der Waals surface area contributed by atoms with E-state index in [2.05, 4.69) is 10.4 Å². The summed E-state index contributed by atoms with van der Waals surface area (Å²) in [6.45, 7) is 1.85. The second-order valence-electron chi connectivity index (χ2n) is 4.89. The molecule has 0 radical (unpaired) electrons. The molecular weight excluding hydrogens is 341 g/mol. The SMILES string of the molecule is CCCC(NC(=O)c1ccn(-c2ccc(Cl)cc2Cl)n1)C(=O)O. The molecule has 8 heteroatoms. The third-order valence-corrected chi connectivity index (χ3v) is 3.70. The van der Waals surface area contributed by atoms with Gasteiger partial charge in [0.1, 0.15) is 6.04 Å². The van der Waals surface area contributed by atoms with E-state index in [4.69, 9.17) is 28.3 Å². The van der Waals surface area contributed by atoms with E-state index in [0.29, 0.717) is 28.6 Å². The molecule has 2 rings (SSSR count). The predicted octanol–water partition coefficient (Wildman–Crippen LogP) is 3.16. The van der Waals surface area contributed by atoms with E-state index in [1.807, 2.05) is 6.92 Å². The van der Waals surface area contributed by atoms with Gasteiger partial charge in [-0.05, 0) is 30.7 Å². The number of carbonyl (C=O) groups is 2. The molecule has 23 heavy (non-hydrogen) atoms. The molecule has 0 aliphatic rings. The van der Waals surface area contributed by atoms with Crippen molar-refractivity contribution in [2.45, 2.75) is 25.8 Å². The smallest absolute Gasteiger partial charge is 0.326 e. The van der Waals surface area contributed by atoms with Crippen LogP contribution in [0.4, 0.5) is 0 Å². The van der Waals surface area contributed by atoms with Gasteiger partial charge in [-0.15, -0.1) is 0 Å². The van der Waals surface area contributed by atoms with Gasteiger partial charge in [-0.25, -0.2) is 9.48 Å². The van der Waals surface area contributed by atoms with Crippen LogP contribution in [0.25, 0.3) is 5.69 Å². The van der Waals surface area contributed by atoms with Crippen LogP contribution in [0.5, 0.6) is 0 Å². The lowest BCUT2D eigenvalue weighted by atomic mass is 10.1. The summed E-state index contributed by atoms with van der Waals surface area (Å²) in [5, 5.41) is 16.5. The minimum absolute atomic E-state index is 0.110. The number of hydrogen-bond donors (Lipinski definition) is 2. The number of aromatic nitrogens is 2. The van der Waals surface area contributed by atoms with Crippen molar-refractivity contribution in [3.05, 3.63) is 46.2 Å². The molecular formula is C15H15Cl2N3O3. The number of carbonyl (C=O) groups excluding carboxylic acids is 1. The number of nitrogens with zero attached hydrogens (tertiary/aromatic N) is 2. The van der Waals surface area contributed by atoms with E-state index in [1.165, 1.54) is 10.7 Å². The Morgan fingerprint density at radius 1 is 1.35 bits per heavy atom. The van der Waals surface area contributed by atoms with Crippen LogP contribution in [-0.4, -0.2) is 32.8 Å². The highest BCUT2D eigenvalue weighted by atomic mass is 35.5. The fraction of sp³-hybridized carbons (Fsp3) is 0.267. The number of amides is 1. The van der Waals surface area contributed by atoms with Crippen molar-refractivity contribution in [1.82, 2.24) is 15.1 Å². The zero-order valence-electron chi connectivity index (χ0n) is 12.3. The molecule has 1 aromatic heterocycles. The topological polar surface area (TPSA) is 84.2 Å². The van der Waals surface area contributed by atoms with Crippen molar-refractivity contribution in [3.63, 3.8) is 0 Å². The average molecular weight is 356 g/mol. The van der Waals surface area contributed by atoms with Crippen molar-refractivity contribution in [2.24, 2.45) is 0 Å². The first-order valence-corrected chi connectivity index (χ1v) is 7.72. The molecule has 122 valence electrons. The van der Waals surface area contributed by atoms with Gasteiger partial charge >= 0.3 is 5.97 Å². The lowest BCUT2D eigenvalue weighted by Gasteiger charge is -2.12. The first-order chi connectivity index (χ1) is 10.9. The summed E-state index contributed by atoms with van der Waals surface area (Å²) < 4.78 is 1.43. The Bertz CT molecular complexity index is 731. The summed E-state index contributed by atoms with van der Waals surface area (Å²) in [7, 11) is 0. The molecule has 0 fully saturated rings. The quantitative estimate of drug-likeness (QED) is 0.833. The Hall–Kier alpha value is -2.05. The second kappa shape index (κ2) is 7.48. The molecule has 0 saturated carbocycles. The predicted molar refractivity (Wildman–Crippen MR) is 87.4 cm³/mol. The Morgan fingerprint density at radius 3 is 2.70 bits per heavy atom. The summed E-state index contributed by atoms with van der Waals surface area (Å²) >= 11 is 11.9. The van der Waals surface area contributed by atoms with Gasteiger partial charge in [-0.1, -0.05) is 36.5 Å². The van der Waals surface area contributed by atoms with Crippen LogP contribution >= 0.6 is 23.2 Å². The first-order valence-electron chi connectivity index (χ1n) is 6.97. The number of hydrogen-bond acceptors (Lipinski definition) is 3. The maximum absolute atomic E-state index is 12.1. The Kier molecular flexibility index (Phi) is 5.63. The van der Waals surface area contributed by atoms with E-state index in [-0.39, 0.29) is 5.69 Å². The number of carboxylic acids is 1. The van der Waals surface area contributed by atoms with Crippen molar-refractivity contribution >= 4 is 35.1 Å². The highest BCUT2D eigenvalue weighted by molar-refractivity contribution is 6.35. The molecule has 1 heterocycles. The van der Waals surface area contributed by atoms with Crippen LogP contribution in [0.15, 0.2) is 30.5 Å². The molecule has 1 unspecified atom stereocenters. The van der Waals surface area contributed by atoms with Crippen LogP contribution in [0.2, 0.25) is 10.0 Å². The highest BCUT2D eigenvalue weighted by Crippen LogP contribution is 2.23. The van der Waals surface area contributed by atoms with Crippen LogP contribution in [0, 0.1) is 0 Å². The third kappa shape index (κ3) is 4.24. The molecule has 0 aliphatic carbocycles. The van der Waals surface area contributed by atoms with Crippen molar-refractivity contribution in [2.75, 3.05) is 0 Å². The van der Waals surface area contributed by atoms with Crippen molar-refractivity contribution in [3.8, 4) is 5.69 Å². The number of benzene rings is 1. The summed E-state index contributed by atoms with van der Waals surface area (Å²) in [5.74, 6) is -1.62. The van der Waals surface area contributed by atoms with Crippen molar-refractivity contribution < 1.29 is 14.7 Å². The zero-order chi connectivity index (χ0) is 17.0. The van der Waals surface area contributed by atoms with Gasteiger partial charge in [-0.2, -0.15) is 5.10 Å². The van der Waals surface area contributed by atoms with E-state index in [0.717, 1.165) is 0 Å². The number of rotatable bonds is 6. The summed E-state index contributed by atoms with van der Waals surface area (Å²) in [5.41, 5.74) is 0.678. The summed E-state index contributed by atoms with van der Waals surface area (Å²) in [6.07, 6.45) is 2.57. The van der Waals surface area contributed by atoms with E-state index in [9.17, 15) is 9.59 Å². The van der Waals surface area contributed by atoms with Gasteiger partial charge in [0.2, 0.25) is 0 Å². The molecule has 0 aliphatic heterocycles. The average Bonchev–Trinajstić information content (AvgIpc) is 2.96. The second-order valence-corrected chi connectivity index (χ2v) is 5.74. The lowest BCUT2D eigenvalue weighted by molar-refractivity contribution is -0.139. The van der Waals surface area contributed by atoms with Crippen LogP contribution in [0.3, 0.4) is 0 Å². The zero-order valence-corrected chi connectivity index (χ0v) is 13.8. The van der Waals surface area contributed by atoms with Crippen molar-refractivity contribution in [1.29, 1.82) is 0 Å². The molecule has 1 aromatic carbocycles. The lowest BCUT2D eigenvalue weighted by Crippen LogP contribution is -2.40. The largest absolute Gasteiger partial charge is 0.480 e. The number of carboxylic acid groups (broad SMARTS) is 1. The molecule has 0 spiro atoms. The van der Waals surface area contributed by atoms with Crippen LogP contribution in [0.1, 0.15) is 30.3 Å².